The molecule has 0 saturated carbocycles. The monoisotopic (exact) mass is 307 g/mol. The van der Waals surface area contributed by atoms with Gasteiger partial charge in [0.1, 0.15) is 11.8 Å². The van der Waals surface area contributed by atoms with Crippen LogP contribution in [0.1, 0.15) is 0 Å². The summed E-state index contributed by atoms with van der Waals surface area (Å²) in [6.45, 7) is 0. The number of fused-ring (bicyclic) bond motifs is 1. The van der Waals surface area contributed by atoms with Crippen LogP contribution < -0.4 is 0 Å². The van der Waals surface area contributed by atoms with E-state index in [4.69, 9.17) is 16.0 Å². The second kappa shape index (κ2) is 4.61. The number of rotatable bonds is 2. The van der Waals surface area contributed by atoms with Gasteiger partial charge in [0.15, 0.2) is 15.4 Å². The third kappa shape index (κ3) is 2.30. The third-order valence-corrected chi connectivity index (χ3v) is 4.27. The summed E-state index contributed by atoms with van der Waals surface area (Å²) in [5, 5.41) is 0.489. The summed E-state index contributed by atoms with van der Waals surface area (Å²) in [7, 11) is -3.25. The molecule has 0 radical (unpaired) electrons. The zero-order valence-electron chi connectivity index (χ0n) is 10.5. The van der Waals surface area contributed by atoms with Crippen LogP contribution in [0.15, 0.2) is 52.1 Å². The van der Waals surface area contributed by atoms with Crippen molar-refractivity contribution in [2.75, 3.05) is 6.26 Å². The fraction of sp³-hybridized carbons (Fsp3) is 0.0714. The molecule has 0 aliphatic rings. The first-order valence-electron chi connectivity index (χ1n) is 5.78. The van der Waals surface area contributed by atoms with Gasteiger partial charge in [-0.05, 0) is 17.7 Å². The van der Waals surface area contributed by atoms with E-state index in [1.54, 1.807) is 30.5 Å². The molecule has 3 rings (SSSR count). The highest BCUT2D eigenvalue weighted by Gasteiger charge is 2.13. The van der Waals surface area contributed by atoms with Crippen LogP contribution in [0.25, 0.3) is 22.2 Å². The molecule has 0 bridgehead atoms. The lowest BCUT2D eigenvalue weighted by atomic mass is 10.1. The summed E-state index contributed by atoms with van der Waals surface area (Å²) in [4.78, 5) is 4.50. The lowest BCUT2D eigenvalue weighted by Crippen LogP contribution is -1.96. The van der Waals surface area contributed by atoms with Crippen LogP contribution in [0.5, 0.6) is 0 Å². The van der Waals surface area contributed by atoms with E-state index in [0.717, 1.165) is 11.1 Å². The van der Waals surface area contributed by atoms with Crippen LogP contribution in [-0.4, -0.2) is 19.7 Å². The Hall–Kier alpha value is -1.85. The van der Waals surface area contributed by atoms with Gasteiger partial charge >= 0.3 is 0 Å². The molecule has 0 atom stereocenters. The Balaban J connectivity index is 2.21. The number of halogens is 1. The number of hydrogen-bond acceptors (Lipinski definition) is 4. The maximum atomic E-state index is 11.6. The summed E-state index contributed by atoms with van der Waals surface area (Å²) < 4.78 is 28.6. The van der Waals surface area contributed by atoms with E-state index >= 15 is 0 Å². The molecule has 0 amide bonds. The number of nitrogens with zero attached hydrogens (tertiary/aromatic N) is 1. The van der Waals surface area contributed by atoms with Gasteiger partial charge in [-0.25, -0.2) is 8.42 Å². The van der Waals surface area contributed by atoms with Crippen molar-refractivity contribution in [2.24, 2.45) is 0 Å². The van der Waals surface area contributed by atoms with Crippen molar-refractivity contribution in [2.45, 2.75) is 4.90 Å². The number of aromatic nitrogens is 1. The van der Waals surface area contributed by atoms with Gasteiger partial charge in [-0.15, -0.1) is 0 Å². The van der Waals surface area contributed by atoms with Crippen molar-refractivity contribution in [3.05, 3.63) is 47.8 Å². The SMILES string of the molecule is CS(=O)(=O)c1cccc(-c2coc3cc(Cl)cnc23)c1. The highest BCUT2D eigenvalue weighted by Crippen LogP contribution is 2.31. The fourth-order valence-corrected chi connectivity index (χ4v) is 2.80. The van der Waals surface area contributed by atoms with Crippen molar-refractivity contribution in [3.8, 4) is 11.1 Å². The predicted molar refractivity (Wildman–Crippen MR) is 77.6 cm³/mol. The zero-order chi connectivity index (χ0) is 14.3. The number of sulfone groups is 1. The summed E-state index contributed by atoms with van der Waals surface area (Å²) in [6.07, 6.45) is 4.26. The van der Waals surface area contributed by atoms with E-state index in [9.17, 15) is 8.42 Å². The molecule has 0 fully saturated rings. The highest BCUT2D eigenvalue weighted by molar-refractivity contribution is 7.90. The molecule has 20 heavy (non-hydrogen) atoms. The van der Waals surface area contributed by atoms with E-state index in [1.807, 2.05) is 6.07 Å². The number of hydrogen-bond donors (Lipinski definition) is 0. The van der Waals surface area contributed by atoms with E-state index in [0.29, 0.717) is 16.1 Å². The molecule has 0 spiro atoms. The van der Waals surface area contributed by atoms with Crippen LogP contribution in [0.3, 0.4) is 0 Å². The van der Waals surface area contributed by atoms with Crippen molar-refractivity contribution in [1.29, 1.82) is 0 Å². The molecule has 6 heteroatoms. The molecule has 4 nitrogen and oxygen atoms in total. The molecule has 0 aliphatic heterocycles. The van der Waals surface area contributed by atoms with Gasteiger partial charge in [-0.2, -0.15) is 0 Å². The van der Waals surface area contributed by atoms with Gasteiger partial charge in [-0.3, -0.25) is 4.98 Å². The van der Waals surface area contributed by atoms with Gasteiger partial charge in [0.05, 0.1) is 9.92 Å². The van der Waals surface area contributed by atoms with Crippen LogP contribution in [0.2, 0.25) is 5.02 Å². The van der Waals surface area contributed by atoms with Crippen LogP contribution in [0.4, 0.5) is 0 Å². The average molecular weight is 308 g/mol. The summed E-state index contributed by atoms with van der Waals surface area (Å²) >= 11 is 5.86. The van der Waals surface area contributed by atoms with E-state index in [1.165, 1.54) is 12.5 Å². The topological polar surface area (TPSA) is 60.2 Å². The van der Waals surface area contributed by atoms with Gasteiger partial charge < -0.3 is 4.42 Å². The normalized spacial score (nSPS) is 11.9. The lowest BCUT2D eigenvalue weighted by Gasteiger charge is -2.02. The molecule has 1 aromatic carbocycles. The molecule has 0 aliphatic carbocycles. The molecule has 102 valence electrons. The minimum Gasteiger partial charge on any atom is -0.462 e. The molecule has 0 N–H and O–H groups in total. The second-order valence-corrected chi connectivity index (χ2v) is 6.90. The van der Waals surface area contributed by atoms with Gasteiger partial charge in [0, 0.05) is 24.1 Å². The first-order chi connectivity index (χ1) is 9.45. The minimum absolute atomic E-state index is 0.262. The third-order valence-electron chi connectivity index (χ3n) is 2.95. The minimum atomic E-state index is -3.25. The Morgan fingerprint density at radius 3 is 2.80 bits per heavy atom. The molecular formula is C14H10ClNO3S. The first kappa shape index (κ1) is 13.1. The van der Waals surface area contributed by atoms with E-state index in [2.05, 4.69) is 4.98 Å². The van der Waals surface area contributed by atoms with Crippen LogP contribution in [-0.2, 0) is 9.84 Å². The van der Waals surface area contributed by atoms with Gasteiger partial charge in [0.25, 0.3) is 0 Å². The first-order valence-corrected chi connectivity index (χ1v) is 8.05. The summed E-state index contributed by atoms with van der Waals surface area (Å²) in [6, 6.07) is 8.35. The second-order valence-electron chi connectivity index (χ2n) is 4.45. The Morgan fingerprint density at radius 1 is 1.25 bits per heavy atom. The Bertz CT molecular complexity index is 900. The Labute approximate surface area is 120 Å². The molecule has 0 unspecified atom stereocenters. The van der Waals surface area contributed by atoms with Gasteiger partial charge in [0.2, 0.25) is 0 Å². The molecule has 0 saturated heterocycles. The largest absolute Gasteiger partial charge is 0.462 e. The molecule has 3 aromatic rings. The average Bonchev–Trinajstić information content (AvgIpc) is 2.80. The number of pyridine rings is 1. The van der Waals surface area contributed by atoms with Crippen molar-refractivity contribution in [3.63, 3.8) is 0 Å². The molecular weight excluding hydrogens is 298 g/mol. The predicted octanol–water partition coefficient (Wildman–Crippen LogP) is 3.55. The van der Waals surface area contributed by atoms with E-state index in [-0.39, 0.29) is 4.90 Å². The lowest BCUT2D eigenvalue weighted by molar-refractivity contribution is 0.602. The molecule has 2 heterocycles. The van der Waals surface area contributed by atoms with Crippen molar-refractivity contribution < 1.29 is 12.8 Å². The number of furan rings is 1. The highest BCUT2D eigenvalue weighted by atomic mass is 35.5. The van der Waals surface area contributed by atoms with Crippen LogP contribution in [0, 0.1) is 0 Å². The standard InChI is InChI=1S/C14H10ClNO3S/c1-20(17,18)11-4-2-3-9(5-11)12-8-19-13-6-10(15)7-16-14(12)13/h2-8H,1H3. The Morgan fingerprint density at radius 2 is 2.05 bits per heavy atom. The maximum absolute atomic E-state index is 11.6. The summed E-state index contributed by atoms with van der Waals surface area (Å²) in [5.74, 6) is 0. The Kier molecular flexibility index (Phi) is 3.03. The van der Waals surface area contributed by atoms with E-state index < -0.39 is 9.84 Å². The van der Waals surface area contributed by atoms with Gasteiger partial charge in [-0.1, -0.05) is 23.7 Å². The fourth-order valence-electron chi connectivity index (χ4n) is 1.99. The zero-order valence-corrected chi connectivity index (χ0v) is 12.1. The summed E-state index contributed by atoms with van der Waals surface area (Å²) in [5.41, 5.74) is 2.70. The number of benzene rings is 1. The molecule has 2 aromatic heterocycles. The van der Waals surface area contributed by atoms with Crippen LogP contribution >= 0.6 is 11.6 Å². The van der Waals surface area contributed by atoms with Crippen molar-refractivity contribution >= 4 is 32.5 Å². The van der Waals surface area contributed by atoms with Crippen molar-refractivity contribution in [1.82, 2.24) is 4.98 Å². The maximum Gasteiger partial charge on any atom is 0.175 e. The smallest absolute Gasteiger partial charge is 0.175 e. The quantitative estimate of drug-likeness (QED) is 0.726.